The number of allylic oxidation sites excluding steroid dienone is 1. The van der Waals surface area contributed by atoms with E-state index in [9.17, 15) is 14.7 Å². The summed E-state index contributed by atoms with van der Waals surface area (Å²) >= 11 is 0. The monoisotopic (exact) mass is 321 g/mol. The molecule has 2 amide bonds. The van der Waals surface area contributed by atoms with E-state index in [-0.39, 0.29) is 17.6 Å². The molecule has 0 atom stereocenters. The standard InChI is InChI=1S/C20H19NO3/c22-17-10-9-16-18-14(17)7-4-8-15(18)19(23)21(20(16)24)12-11-13-5-2-1-3-6-13/h4-5,7-10,22H,1-3,6,11-12H2. The minimum Gasteiger partial charge on any atom is -0.507 e. The Morgan fingerprint density at radius 3 is 2.54 bits per heavy atom. The molecule has 122 valence electrons. The Morgan fingerprint density at radius 2 is 1.79 bits per heavy atom. The summed E-state index contributed by atoms with van der Waals surface area (Å²) in [6, 6.07) is 8.35. The number of phenolic OH excluding ortho intramolecular Hbond substituents is 1. The van der Waals surface area contributed by atoms with E-state index >= 15 is 0 Å². The average molecular weight is 321 g/mol. The molecule has 2 aliphatic rings. The number of hydrogen-bond acceptors (Lipinski definition) is 3. The predicted octanol–water partition coefficient (Wildman–Crippen LogP) is 4.03. The van der Waals surface area contributed by atoms with Gasteiger partial charge in [-0.25, -0.2) is 0 Å². The summed E-state index contributed by atoms with van der Waals surface area (Å²) in [6.07, 6.45) is 7.57. The molecule has 4 nitrogen and oxygen atoms in total. The van der Waals surface area contributed by atoms with Crippen LogP contribution >= 0.6 is 0 Å². The summed E-state index contributed by atoms with van der Waals surface area (Å²) in [6.45, 7) is 0.417. The molecule has 0 saturated heterocycles. The molecule has 4 heteroatoms. The third-order valence-corrected chi connectivity index (χ3v) is 5.01. The van der Waals surface area contributed by atoms with Crippen LogP contribution in [0, 0.1) is 0 Å². The van der Waals surface area contributed by atoms with E-state index in [0.717, 1.165) is 19.3 Å². The molecule has 0 aromatic heterocycles. The zero-order valence-electron chi connectivity index (χ0n) is 13.4. The summed E-state index contributed by atoms with van der Waals surface area (Å²) in [5.74, 6) is -0.433. The number of carbonyl (C=O) groups excluding carboxylic acids is 2. The molecule has 2 aromatic carbocycles. The van der Waals surface area contributed by atoms with Crippen molar-refractivity contribution >= 4 is 22.6 Å². The van der Waals surface area contributed by atoms with Gasteiger partial charge in [-0.2, -0.15) is 0 Å². The van der Waals surface area contributed by atoms with E-state index in [1.165, 1.54) is 29.4 Å². The molecule has 0 bridgehead atoms. The lowest BCUT2D eigenvalue weighted by molar-refractivity contribution is 0.0612. The van der Waals surface area contributed by atoms with E-state index in [2.05, 4.69) is 6.08 Å². The highest BCUT2D eigenvalue weighted by Gasteiger charge is 2.33. The number of hydrogen-bond donors (Lipinski definition) is 1. The fourth-order valence-electron chi connectivity index (χ4n) is 3.72. The number of rotatable bonds is 3. The maximum Gasteiger partial charge on any atom is 0.261 e. The Morgan fingerprint density at radius 1 is 1.00 bits per heavy atom. The van der Waals surface area contributed by atoms with E-state index in [1.54, 1.807) is 24.3 Å². The van der Waals surface area contributed by atoms with Crippen molar-refractivity contribution in [3.63, 3.8) is 0 Å². The first-order valence-corrected chi connectivity index (χ1v) is 8.45. The van der Waals surface area contributed by atoms with Crippen molar-refractivity contribution in [2.75, 3.05) is 6.54 Å². The Labute approximate surface area is 140 Å². The topological polar surface area (TPSA) is 57.6 Å². The Bertz CT molecular complexity index is 860. The van der Waals surface area contributed by atoms with Crippen LogP contribution in [0.3, 0.4) is 0 Å². The first-order valence-electron chi connectivity index (χ1n) is 8.45. The van der Waals surface area contributed by atoms with Crippen LogP contribution in [0.2, 0.25) is 0 Å². The fraction of sp³-hybridized carbons (Fsp3) is 0.300. The predicted molar refractivity (Wildman–Crippen MR) is 92.1 cm³/mol. The van der Waals surface area contributed by atoms with Gasteiger partial charge in [0.25, 0.3) is 11.8 Å². The van der Waals surface area contributed by atoms with Crippen molar-refractivity contribution in [1.29, 1.82) is 0 Å². The van der Waals surface area contributed by atoms with Crippen LogP contribution in [0.25, 0.3) is 10.8 Å². The van der Waals surface area contributed by atoms with Gasteiger partial charge in [0.05, 0.1) is 0 Å². The molecule has 0 unspecified atom stereocenters. The normalized spacial score (nSPS) is 17.3. The first-order chi connectivity index (χ1) is 11.7. The Hall–Kier alpha value is -2.62. The molecule has 24 heavy (non-hydrogen) atoms. The molecule has 4 rings (SSSR count). The Kier molecular flexibility index (Phi) is 3.60. The zero-order valence-corrected chi connectivity index (χ0v) is 13.4. The van der Waals surface area contributed by atoms with Crippen LogP contribution in [0.4, 0.5) is 0 Å². The van der Waals surface area contributed by atoms with Crippen molar-refractivity contribution < 1.29 is 14.7 Å². The van der Waals surface area contributed by atoms with Gasteiger partial charge in [-0.3, -0.25) is 14.5 Å². The third-order valence-electron chi connectivity index (χ3n) is 5.01. The van der Waals surface area contributed by atoms with Gasteiger partial charge in [-0.1, -0.05) is 23.8 Å². The molecule has 2 aromatic rings. The van der Waals surface area contributed by atoms with Crippen molar-refractivity contribution in [3.8, 4) is 5.75 Å². The van der Waals surface area contributed by atoms with Crippen molar-refractivity contribution in [1.82, 2.24) is 4.90 Å². The molecule has 1 N–H and O–H groups in total. The number of imide groups is 1. The lowest BCUT2D eigenvalue weighted by Gasteiger charge is -2.28. The minimum atomic E-state index is -0.264. The van der Waals surface area contributed by atoms with E-state index < -0.39 is 0 Å². The lowest BCUT2D eigenvalue weighted by atomic mass is 9.92. The van der Waals surface area contributed by atoms with Gasteiger partial charge < -0.3 is 5.11 Å². The van der Waals surface area contributed by atoms with Gasteiger partial charge in [-0.15, -0.1) is 0 Å². The van der Waals surface area contributed by atoms with Crippen LogP contribution < -0.4 is 0 Å². The SMILES string of the molecule is O=C1c2cccc3c(O)ccc(c23)C(=O)N1CCC1=CCCCC1. The van der Waals surface area contributed by atoms with Crippen molar-refractivity contribution in [3.05, 3.63) is 53.1 Å². The second-order valence-electron chi connectivity index (χ2n) is 6.48. The first kappa shape index (κ1) is 14.9. The summed E-state index contributed by atoms with van der Waals surface area (Å²) in [5, 5.41) is 11.1. The summed E-state index contributed by atoms with van der Waals surface area (Å²) in [5.41, 5.74) is 2.34. The highest BCUT2D eigenvalue weighted by atomic mass is 16.3. The molecule has 1 aliphatic heterocycles. The van der Waals surface area contributed by atoms with Gasteiger partial charge in [0.1, 0.15) is 5.75 Å². The van der Waals surface area contributed by atoms with E-state index in [4.69, 9.17) is 0 Å². The highest BCUT2D eigenvalue weighted by Crippen LogP contribution is 2.35. The zero-order chi connectivity index (χ0) is 16.7. The maximum absolute atomic E-state index is 12.8. The highest BCUT2D eigenvalue weighted by molar-refractivity contribution is 6.26. The number of carbonyl (C=O) groups is 2. The lowest BCUT2D eigenvalue weighted by Crippen LogP contribution is -2.41. The van der Waals surface area contributed by atoms with Gasteiger partial charge >= 0.3 is 0 Å². The minimum absolute atomic E-state index is 0.0945. The molecule has 1 aliphatic carbocycles. The van der Waals surface area contributed by atoms with Gasteiger partial charge in [0.2, 0.25) is 0 Å². The Balaban J connectivity index is 1.70. The number of aromatic hydroxyl groups is 1. The number of phenols is 1. The van der Waals surface area contributed by atoms with Gasteiger partial charge in [0.15, 0.2) is 0 Å². The molecular formula is C20H19NO3. The molecule has 0 spiro atoms. The van der Waals surface area contributed by atoms with Gasteiger partial charge in [0, 0.05) is 28.4 Å². The smallest absolute Gasteiger partial charge is 0.261 e. The van der Waals surface area contributed by atoms with Crippen molar-refractivity contribution in [2.45, 2.75) is 32.1 Å². The summed E-state index contributed by atoms with van der Waals surface area (Å²) in [4.78, 5) is 27.0. The fourth-order valence-corrected chi connectivity index (χ4v) is 3.72. The van der Waals surface area contributed by atoms with Crippen LogP contribution in [-0.4, -0.2) is 28.4 Å². The quantitative estimate of drug-likeness (QED) is 0.686. The van der Waals surface area contributed by atoms with E-state index in [0.29, 0.717) is 28.4 Å². The molecular weight excluding hydrogens is 302 g/mol. The molecule has 1 heterocycles. The third kappa shape index (κ3) is 2.30. The second kappa shape index (κ2) is 5.78. The number of nitrogens with zero attached hydrogens (tertiary/aromatic N) is 1. The number of amides is 2. The van der Waals surface area contributed by atoms with Gasteiger partial charge in [-0.05, 0) is 50.3 Å². The van der Waals surface area contributed by atoms with Crippen LogP contribution in [0.5, 0.6) is 5.75 Å². The second-order valence-corrected chi connectivity index (χ2v) is 6.48. The summed E-state index contributed by atoms with van der Waals surface area (Å²) < 4.78 is 0. The van der Waals surface area contributed by atoms with Crippen LogP contribution in [0.15, 0.2) is 42.0 Å². The van der Waals surface area contributed by atoms with E-state index in [1.807, 2.05) is 0 Å². The largest absolute Gasteiger partial charge is 0.507 e. The van der Waals surface area contributed by atoms with Crippen molar-refractivity contribution in [2.24, 2.45) is 0 Å². The molecule has 0 saturated carbocycles. The summed E-state index contributed by atoms with van der Waals surface area (Å²) in [7, 11) is 0. The van der Waals surface area contributed by atoms with Crippen LogP contribution in [-0.2, 0) is 0 Å². The maximum atomic E-state index is 12.8. The molecule has 0 radical (unpaired) electrons. The average Bonchev–Trinajstić information content (AvgIpc) is 2.61. The van der Waals surface area contributed by atoms with Crippen LogP contribution in [0.1, 0.15) is 52.8 Å². The number of benzene rings is 2. The molecule has 0 fully saturated rings.